The van der Waals surface area contributed by atoms with Crippen LogP contribution in [-0.2, 0) is 17.7 Å². The summed E-state index contributed by atoms with van der Waals surface area (Å²) in [5, 5.41) is 13.2. The number of nitriles is 1. The van der Waals surface area contributed by atoms with E-state index < -0.39 is 0 Å². The lowest BCUT2D eigenvalue weighted by molar-refractivity contribution is 0.182. The third kappa shape index (κ3) is 3.56. The number of benzene rings is 1. The van der Waals surface area contributed by atoms with Crippen molar-refractivity contribution in [2.45, 2.75) is 19.9 Å². The highest BCUT2D eigenvalue weighted by Crippen LogP contribution is 2.17. The number of aryl methyl sites for hydroxylation is 1. The van der Waals surface area contributed by atoms with Crippen molar-refractivity contribution >= 4 is 0 Å². The summed E-state index contributed by atoms with van der Waals surface area (Å²) in [5.41, 5.74) is 2.99. The Morgan fingerprint density at radius 2 is 2.05 bits per heavy atom. The molecule has 5 nitrogen and oxygen atoms in total. The zero-order valence-corrected chi connectivity index (χ0v) is 12.2. The number of nitrogens with zero attached hydrogens (tertiary/aromatic N) is 3. The maximum Gasteiger partial charge on any atom is 0.271 e. The highest BCUT2D eigenvalue weighted by Gasteiger charge is 2.09. The Labute approximate surface area is 123 Å². The Hall–Kier alpha value is -2.45. The minimum absolute atomic E-state index is 0.0766. The maximum atomic E-state index is 12.2. The van der Waals surface area contributed by atoms with Gasteiger partial charge in [0.05, 0.1) is 31.3 Å². The van der Waals surface area contributed by atoms with Crippen LogP contribution in [0.2, 0.25) is 0 Å². The molecular formula is C16H17N3O2. The first-order valence-corrected chi connectivity index (χ1v) is 6.69. The predicted molar refractivity (Wildman–Crippen MR) is 79.9 cm³/mol. The minimum Gasteiger partial charge on any atom is -0.383 e. The second kappa shape index (κ2) is 6.82. The van der Waals surface area contributed by atoms with Crippen molar-refractivity contribution in [1.29, 1.82) is 5.26 Å². The van der Waals surface area contributed by atoms with Crippen molar-refractivity contribution in [2.75, 3.05) is 13.7 Å². The summed E-state index contributed by atoms with van der Waals surface area (Å²) in [7, 11) is 1.57. The summed E-state index contributed by atoms with van der Waals surface area (Å²) in [6, 6.07) is 11.6. The zero-order chi connectivity index (χ0) is 15.2. The van der Waals surface area contributed by atoms with Crippen LogP contribution in [0.3, 0.4) is 0 Å². The van der Waals surface area contributed by atoms with Gasteiger partial charge in [-0.15, -0.1) is 0 Å². The smallest absolute Gasteiger partial charge is 0.271 e. The van der Waals surface area contributed by atoms with Gasteiger partial charge in [0.25, 0.3) is 5.56 Å². The summed E-state index contributed by atoms with van der Waals surface area (Å²) in [5.74, 6) is 0. The van der Waals surface area contributed by atoms with Crippen LogP contribution < -0.4 is 5.56 Å². The van der Waals surface area contributed by atoms with E-state index in [4.69, 9.17) is 10.00 Å². The molecule has 0 saturated heterocycles. The van der Waals surface area contributed by atoms with Gasteiger partial charge in [-0.05, 0) is 13.0 Å². The third-order valence-electron chi connectivity index (χ3n) is 3.17. The zero-order valence-electron chi connectivity index (χ0n) is 12.2. The van der Waals surface area contributed by atoms with E-state index in [0.717, 1.165) is 11.1 Å². The van der Waals surface area contributed by atoms with Crippen molar-refractivity contribution in [1.82, 2.24) is 9.78 Å². The van der Waals surface area contributed by atoms with Gasteiger partial charge in [-0.1, -0.05) is 29.8 Å². The molecule has 1 aromatic carbocycles. The molecular weight excluding hydrogens is 266 g/mol. The molecule has 0 spiro atoms. The summed E-state index contributed by atoms with van der Waals surface area (Å²) in [4.78, 5) is 12.2. The van der Waals surface area contributed by atoms with Crippen LogP contribution in [0.15, 0.2) is 35.1 Å². The van der Waals surface area contributed by atoms with Crippen LogP contribution >= 0.6 is 0 Å². The molecule has 2 aromatic rings. The standard InChI is InChI=1S/C16H17N3O2/c1-12-3-5-13(6-4-12)15-11-14(7-8-17)16(20)19(18-15)9-10-21-2/h3-6,11H,7,9-10H2,1-2H3. The van der Waals surface area contributed by atoms with Crippen molar-refractivity contribution in [3.8, 4) is 17.3 Å². The summed E-state index contributed by atoms with van der Waals surface area (Å²) in [6.07, 6.45) is 0.0766. The Morgan fingerprint density at radius 1 is 1.33 bits per heavy atom. The number of hydrogen-bond donors (Lipinski definition) is 0. The van der Waals surface area contributed by atoms with E-state index in [1.165, 1.54) is 4.68 Å². The molecule has 0 unspecified atom stereocenters. The maximum absolute atomic E-state index is 12.2. The van der Waals surface area contributed by atoms with Crippen LogP contribution in [0.5, 0.6) is 0 Å². The molecule has 0 amide bonds. The van der Waals surface area contributed by atoms with Gasteiger partial charge in [-0.25, -0.2) is 4.68 Å². The van der Waals surface area contributed by atoms with Crippen LogP contribution in [0.1, 0.15) is 11.1 Å². The topological polar surface area (TPSA) is 67.9 Å². The highest BCUT2D eigenvalue weighted by molar-refractivity contribution is 5.59. The van der Waals surface area contributed by atoms with E-state index in [1.54, 1.807) is 13.2 Å². The SMILES string of the molecule is COCCn1nc(-c2ccc(C)cc2)cc(CC#N)c1=O. The summed E-state index contributed by atoms with van der Waals surface area (Å²) < 4.78 is 6.36. The molecule has 0 aliphatic heterocycles. The number of aromatic nitrogens is 2. The minimum atomic E-state index is -0.232. The number of hydrogen-bond acceptors (Lipinski definition) is 4. The fourth-order valence-corrected chi connectivity index (χ4v) is 2.00. The molecule has 108 valence electrons. The molecule has 1 aromatic heterocycles. The van der Waals surface area contributed by atoms with E-state index in [9.17, 15) is 4.79 Å². The van der Waals surface area contributed by atoms with Gasteiger partial charge in [0, 0.05) is 18.2 Å². The Bertz CT molecular complexity index is 712. The van der Waals surface area contributed by atoms with E-state index >= 15 is 0 Å². The molecule has 2 rings (SSSR count). The quantitative estimate of drug-likeness (QED) is 0.841. The average molecular weight is 283 g/mol. The number of methoxy groups -OCH3 is 1. The molecule has 21 heavy (non-hydrogen) atoms. The molecule has 0 saturated carbocycles. The van der Waals surface area contributed by atoms with Crippen LogP contribution in [0, 0.1) is 18.3 Å². The van der Waals surface area contributed by atoms with Gasteiger partial charge in [-0.2, -0.15) is 10.4 Å². The van der Waals surface area contributed by atoms with Gasteiger partial charge >= 0.3 is 0 Å². The van der Waals surface area contributed by atoms with Crippen molar-refractivity contribution in [2.24, 2.45) is 0 Å². The number of rotatable bonds is 5. The van der Waals surface area contributed by atoms with Gasteiger partial charge in [-0.3, -0.25) is 4.79 Å². The van der Waals surface area contributed by atoms with Gasteiger partial charge in [0.15, 0.2) is 0 Å². The molecule has 1 heterocycles. The predicted octanol–water partition coefficient (Wildman–Crippen LogP) is 1.93. The molecule has 0 aliphatic carbocycles. The third-order valence-corrected chi connectivity index (χ3v) is 3.17. The lowest BCUT2D eigenvalue weighted by atomic mass is 10.1. The molecule has 0 radical (unpaired) electrons. The first-order chi connectivity index (χ1) is 10.2. The lowest BCUT2D eigenvalue weighted by Gasteiger charge is -2.09. The Kier molecular flexibility index (Phi) is 4.85. The van der Waals surface area contributed by atoms with E-state index in [2.05, 4.69) is 5.10 Å². The van der Waals surface area contributed by atoms with Gasteiger partial charge in [0.1, 0.15) is 0 Å². The van der Waals surface area contributed by atoms with Gasteiger partial charge < -0.3 is 4.74 Å². The van der Waals surface area contributed by atoms with E-state index in [1.807, 2.05) is 37.3 Å². The second-order valence-electron chi connectivity index (χ2n) is 4.78. The Morgan fingerprint density at radius 3 is 2.67 bits per heavy atom. The summed E-state index contributed by atoms with van der Waals surface area (Å²) in [6.45, 7) is 2.78. The summed E-state index contributed by atoms with van der Waals surface area (Å²) >= 11 is 0. The van der Waals surface area contributed by atoms with E-state index in [-0.39, 0.29) is 12.0 Å². The first-order valence-electron chi connectivity index (χ1n) is 6.69. The molecule has 0 N–H and O–H groups in total. The molecule has 0 atom stereocenters. The van der Waals surface area contributed by atoms with Crippen LogP contribution in [0.4, 0.5) is 0 Å². The normalized spacial score (nSPS) is 10.3. The second-order valence-corrected chi connectivity index (χ2v) is 4.78. The lowest BCUT2D eigenvalue weighted by Crippen LogP contribution is -2.28. The van der Waals surface area contributed by atoms with Crippen LogP contribution in [-0.4, -0.2) is 23.5 Å². The van der Waals surface area contributed by atoms with Gasteiger partial charge in [0.2, 0.25) is 0 Å². The fourth-order valence-electron chi connectivity index (χ4n) is 2.00. The van der Waals surface area contributed by atoms with Crippen molar-refractivity contribution in [3.63, 3.8) is 0 Å². The molecule has 0 aliphatic rings. The molecule has 0 fully saturated rings. The number of ether oxygens (including phenoxy) is 1. The Balaban J connectivity index is 2.50. The van der Waals surface area contributed by atoms with E-state index in [0.29, 0.717) is 24.4 Å². The average Bonchev–Trinajstić information content (AvgIpc) is 2.49. The highest BCUT2D eigenvalue weighted by atomic mass is 16.5. The largest absolute Gasteiger partial charge is 0.383 e. The van der Waals surface area contributed by atoms with Crippen molar-refractivity contribution < 1.29 is 4.74 Å². The molecule has 0 bridgehead atoms. The first kappa shape index (κ1) is 14.9. The fraction of sp³-hybridized carbons (Fsp3) is 0.312. The van der Waals surface area contributed by atoms with Crippen LogP contribution in [0.25, 0.3) is 11.3 Å². The monoisotopic (exact) mass is 283 g/mol. The molecule has 5 heteroatoms. The van der Waals surface area contributed by atoms with Crippen molar-refractivity contribution in [3.05, 3.63) is 51.8 Å².